The minimum atomic E-state index is -4.80. The molecule has 2 aromatic rings. The third-order valence-electron chi connectivity index (χ3n) is 4.84. The Kier molecular flexibility index (Phi) is 10.4. The molecule has 2 rings (SSSR count). The molecule has 0 aromatic heterocycles. The van der Waals surface area contributed by atoms with Crippen LogP contribution in [0, 0.1) is 0 Å². The Bertz CT molecular complexity index is 1320. The number of alkyl halides is 6. The van der Waals surface area contributed by atoms with Crippen LogP contribution in [0.15, 0.2) is 24.3 Å². The molecule has 0 atom stereocenters. The number of rotatable bonds is 5. The number of Topliss-reactive ketones (excluding diaryl/α,β-unsaturated/α-hetero) is 2. The van der Waals surface area contributed by atoms with Gasteiger partial charge in [0, 0.05) is 23.7 Å². The van der Waals surface area contributed by atoms with Gasteiger partial charge in [0.2, 0.25) is 5.91 Å². The quantitative estimate of drug-likeness (QED) is 0.225. The number of ketones is 2. The van der Waals surface area contributed by atoms with Gasteiger partial charge in [-0.25, -0.2) is 9.59 Å². The molecule has 0 aliphatic carbocycles. The van der Waals surface area contributed by atoms with Crippen LogP contribution >= 0.6 is 0 Å². The number of amides is 1. The van der Waals surface area contributed by atoms with Crippen LogP contribution in [0.1, 0.15) is 73.3 Å². The second-order valence-corrected chi connectivity index (χ2v) is 7.70. The molecule has 0 heterocycles. The average molecular weight is 564 g/mol. The predicted octanol–water partition coefficient (Wildman–Crippen LogP) is 4.93. The molecule has 0 aliphatic rings. The number of ether oxygens (including phenoxy) is 2. The van der Waals surface area contributed by atoms with E-state index in [0.717, 1.165) is 47.1 Å². The summed E-state index contributed by atoms with van der Waals surface area (Å²) in [6.45, 7) is 3.00. The largest absolute Gasteiger partial charge is 0.465 e. The summed E-state index contributed by atoms with van der Waals surface area (Å²) in [6, 6.07) is 2.67. The molecule has 39 heavy (non-hydrogen) atoms. The van der Waals surface area contributed by atoms with Crippen LogP contribution in [-0.4, -0.2) is 43.6 Å². The summed E-state index contributed by atoms with van der Waals surface area (Å²) in [4.78, 5) is 56.5. The number of carbonyl (C=O) groups is 5. The Morgan fingerprint density at radius 1 is 0.667 bits per heavy atom. The average Bonchev–Trinajstić information content (AvgIpc) is 2.81. The number of hydrogen-bond acceptors (Lipinski definition) is 8. The van der Waals surface area contributed by atoms with Crippen LogP contribution in [0.3, 0.4) is 0 Å². The van der Waals surface area contributed by atoms with Gasteiger partial charge in [-0.15, -0.1) is 0 Å². The lowest BCUT2D eigenvalue weighted by Crippen LogP contribution is -2.18. The second kappa shape index (κ2) is 12.4. The first-order valence-corrected chi connectivity index (χ1v) is 10.5. The number of nitrogens with one attached hydrogen (secondary N) is 1. The van der Waals surface area contributed by atoms with Crippen molar-refractivity contribution >= 4 is 40.8 Å². The third kappa shape index (κ3) is 8.28. The summed E-state index contributed by atoms with van der Waals surface area (Å²) in [6.07, 6.45) is -9.52. The van der Waals surface area contributed by atoms with Gasteiger partial charge in [0.15, 0.2) is 11.6 Å². The van der Waals surface area contributed by atoms with E-state index in [4.69, 9.17) is 5.73 Å². The van der Waals surface area contributed by atoms with Crippen LogP contribution < -0.4 is 11.1 Å². The number of hydrogen-bond donors (Lipinski definition) is 2. The van der Waals surface area contributed by atoms with Crippen LogP contribution in [0.25, 0.3) is 0 Å². The molecular formula is C24H22F6N2O7. The molecule has 2 aromatic carbocycles. The zero-order valence-corrected chi connectivity index (χ0v) is 21.0. The molecule has 1 amide bonds. The van der Waals surface area contributed by atoms with Crippen molar-refractivity contribution in [1.29, 1.82) is 0 Å². The molecule has 9 nitrogen and oxygen atoms in total. The van der Waals surface area contributed by atoms with Gasteiger partial charge in [0.25, 0.3) is 0 Å². The smallest absolute Gasteiger partial charge is 0.417 e. The van der Waals surface area contributed by atoms with Crippen molar-refractivity contribution in [1.82, 2.24) is 0 Å². The van der Waals surface area contributed by atoms with E-state index >= 15 is 0 Å². The van der Waals surface area contributed by atoms with Gasteiger partial charge in [-0.3, -0.25) is 14.4 Å². The van der Waals surface area contributed by atoms with E-state index in [1.54, 1.807) is 0 Å². The number of anilines is 2. The number of carbonyl (C=O) groups excluding carboxylic acids is 5. The Morgan fingerprint density at radius 3 is 1.41 bits per heavy atom. The lowest BCUT2D eigenvalue weighted by Gasteiger charge is -2.16. The highest BCUT2D eigenvalue weighted by atomic mass is 19.4. The van der Waals surface area contributed by atoms with Crippen LogP contribution in [0.2, 0.25) is 0 Å². The summed E-state index contributed by atoms with van der Waals surface area (Å²) in [5.41, 5.74) is 0.317. The topological polar surface area (TPSA) is 142 Å². The fourth-order valence-corrected chi connectivity index (χ4v) is 3.13. The highest BCUT2D eigenvalue weighted by Crippen LogP contribution is 2.36. The van der Waals surface area contributed by atoms with Crippen molar-refractivity contribution in [3.63, 3.8) is 0 Å². The summed E-state index contributed by atoms with van der Waals surface area (Å²) < 4.78 is 85.7. The standard InChI is InChI=1S/C13H12F3NO4.C11H10F3NO3/c1-6(18)8-4-9(12(20)21-3)11(17-7(2)19)5-10(8)13(14,15)16;1-5(16)6-3-7(10(17)18-2)9(15)4-8(6)11(12,13)14/h4-5H,1-3H3,(H,17,19);3-4H,15H2,1-2H3. The highest BCUT2D eigenvalue weighted by Gasteiger charge is 2.37. The van der Waals surface area contributed by atoms with E-state index < -0.39 is 64.0 Å². The van der Waals surface area contributed by atoms with E-state index in [9.17, 15) is 50.3 Å². The molecular weight excluding hydrogens is 542 g/mol. The Hall–Kier alpha value is -4.43. The number of halogens is 6. The minimum Gasteiger partial charge on any atom is -0.465 e. The first kappa shape index (κ1) is 32.6. The van der Waals surface area contributed by atoms with E-state index in [0.29, 0.717) is 12.1 Å². The monoisotopic (exact) mass is 564 g/mol. The maximum absolute atomic E-state index is 13.0. The van der Waals surface area contributed by atoms with Crippen molar-refractivity contribution in [3.8, 4) is 0 Å². The maximum atomic E-state index is 13.0. The van der Waals surface area contributed by atoms with Gasteiger partial charge in [-0.1, -0.05) is 0 Å². The van der Waals surface area contributed by atoms with Crippen LogP contribution in [0.5, 0.6) is 0 Å². The zero-order valence-electron chi connectivity index (χ0n) is 21.0. The van der Waals surface area contributed by atoms with Crippen molar-refractivity contribution in [2.75, 3.05) is 25.3 Å². The van der Waals surface area contributed by atoms with Gasteiger partial charge in [-0.05, 0) is 38.1 Å². The fourth-order valence-electron chi connectivity index (χ4n) is 3.13. The number of benzene rings is 2. The van der Waals surface area contributed by atoms with Crippen LogP contribution in [-0.2, 0) is 26.6 Å². The van der Waals surface area contributed by atoms with Crippen molar-refractivity contribution < 1.29 is 59.8 Å². The summed E-state index contributed by atoms with van der Waals surface area (Å²) in [7, 11) is 2.10. The molecule has 0 spiro atoms. The van der Waals surface area contributed by atoms with E-state index in [-0.39, 0.29) is 22.5 Å². The summed E-state index contributed by atoms with van der Waals surface area (Å²) >= 11 is 0. The molecule has 0 radical (unpaired) electrons. The first-order valence-electron chi connectivity index (χ1n) is 10.5. The SMILES string of the molecule is COC(=O)c1cc(C(C)=O)c(C(F)(F)F)cc1N.COC(=O)c1cc(C(C)=O)c(C(F)(F)F)cc1NC(C)=O. The molecule has 0 unspecified atom stereocenters. The first-order chi connectivity index (χ1) is 17.8. The molecule has 0 bridgehead atoms. The predicted molar refractivity (Wildman–Crippen MR) is 124 cm³/mol. The minimum absolute atomic E-state index is 0.268. The molecule has 0 fully saturated rings. The normalized spacial score (nSPS) is 11.1. The molecule has 212 valence electrons. The fraction of sp³-hybridized carbons (Fsp3) is 0.292. The van der Waals surface area contributed by atoms with E-state index in [1.807, 2.05) is 0 Å². The molecule has 0 saturated carbocycles. The number of nitrogen functional groups attached to an aromatic ring is 1. The van der Waals surface area contributed by atoms with E-state index in [2.05, 4.69) is 14.8 Å². The van der Waals surface area contributed by atoms with Gasteiger partial charge in [0.05, 0.1) is 42.2 Å². The lowest BCUT2D eigenvalue weighted by molar-refractivity contribution is -0.138. The van der Waals surface area contributed by atoms with Crippen molar-refractivity contribution in [2.45, 2.75) is 33.1 Å². The van der Waals surface area contributed by atoms with Crippen molar-refractivity contribution in [2.24, 2.45) is 0 Å². The number of esters is 2. The van der Waals surface area contributed by atoms with Gasteiger partial charge >= 0.3 is 24.3 Å². The zero-order chi connectivity index (χ0) is 30.5. The van der Waals surface area contributed by atoms with Crippen molar-refractivity contribution in [3.05, 3.63) is 57.6 Å². The number of nitrogens with two attached hydrogens (primary N) is 1. The Balaban J connectivity index is 0.000000395. The summed E-state index contributed by atoms with van der Waals surface area (Å²) in [5, 5.41) is 2.12. The van der Waals surface area contributed by atoms with Gasteiger partial charge < -0.3 is 20.5 Å². The number of methoxy groups -OCH3 is 2. The lowest BCUT2D eigenvalue weighted by atomic mass is 9.98. The van der Waals surface area contributed by atoms with E-state index in [1.165, 1.54) is 0 Å². The highest BCUT2D eigenvalue weighted by molar-refractivity contribution is 6.05. The molecule has 0 saturated heterocycles. The van der Waals surface area contributed by atoms with Gasteiger partial charge in [0.1, 0.15) is 0 Å². The third-order valence-corrected chi connectivity index (χ3v) is 4.84. The molecule has 3 N–H and O–H groups in total. The Morgan fingerprint density at radius 2 is 1.05 bits per heavy atom. The summed E-state index contributed by atoms with van der Waals surface area (Å²) in [5.74, 6) is -4.20. The van der Waals surface area contributed by atoms with Crippen LogP contribution in [0.4, 0.5) is 37.7 Å². The molecule has 15 heteroatoms. The Labute approximate surface area is 217 Å². The maximum Gasteiger partial charge on any atom is 0.417 e. The molecule has 0 aliphatic heterocycles. The van der Waals surface area contributed by atoms with Gasteiger partial charge in [-0.2, -0.15) is 26.3 Å². The second-order valence-electron chi connectivity index (χ2n) is 7.70.